The van der Waals surface area contributed by atoms with Crippen LogP contribution in [0.25, 0.3) is 0 Å². The van der Waals surface area contributed by atoms with E-state index in [4.69, 9.17) is 9.84 Å². The lowest BCUT2D eigenvalue weighted by molar-refractivity contribution is -0.142. The lowest BCUT2D eigenvalue weighted by Crippen LogP contribution is -2.47. The topological polar surface area (TPSA) is 93.1 Å². The summed E-state index contributed by atoms with van der Waals surface area (Å²) in [7, 11) is 1.22. The highest BCUT2D eigenvalue weighted by Gasteiger charge is 2.50. The predicted octanol–water partition coefficient (Wildman–Crippen LogP) is 1.57. The van der Waals surface area contributed by atoms with Crippen LogP contribution in [-0.2, 0) is 19.1 Å². The molecule has 1 rings (SSSR count). The summed E-state index contributed by atoms with van der Waals surface area (Å²) in [6, 6.07) is 0. The highest BCUT2D eigenvalue weighted by atomic mass is 16.6. The van der Waals surface area contributed by atoms with Gasteiger partial charge in [-0.05, 0) is 33.6 Å². The van der Waals surface area contributed by atoms with E-state index in [1.807, 2.05) is 0 Å². The summed E-state index contributed by atoms with van der Waals surface area (Å²) in [4.78, 5) is 35.6. The first-order valence-corrected chi connectivity index (χ1v) is 6.59. The van der Waals surface area contributed by atoms with Gasteiger partial charge >= 0.3 is 18.0 Å². The van der Waals surface area contributed by atoms with E-state index in [-0.39, 0.29) is 6.54 Å². The molecule has 0 bridgehead atoms. The number of methoxy groups -OCH3 is 1. The van der Waals surface area contributed by atoms with E-state index in [9.17, 15) is 14.4 Å². The lowest BCUT2D eigenvalue weighted by Gasteiger charge is -2.31. The molecule has 0 saturated heterocycles. The average Bonchev–Trinajstić information content (AvgIpc) is 3.11. The van der Waals surface area contributed by atoms with Gasteiger partial charge < -0.3 is 14.6 Å². The molecule has 1 N–H and O–H groups in total. The number of rotatable bonds is 5. The van der Waals surface area contributed by atoms with E-state index >= 15 is 0 Å². The Balaban J connectivity index is 2.95. The molecule has 1 aliphatic carbocycles. The van der Waals surface area contributed by atoms with Crippen LogP contribution in [0.2, 0.25) is 0 Å². The molecule has 0 atom stereocenters. The minimum atomic E-state index is -1.11. The largest absolute Gasteiger partial charge is 0.478 e. The van der Waals surface area contributed by atoms with Crippen molar-refractivity contribution in [3.63, 3.8) is 0 Å². The van der Waals surface area contributed by atoms with E-state index in [2.05, 4.69) is 4.74 Å². The first-order valence-electron chi connectivity index (χ1n) is 6.59. The van der Waals surface area contributed by atoms with Crippen LogP contribution in [0, 0.1) is 0 Å². The summed E-state index contributed by atoms with van der Waals surface area (Å²) in [5, 5.41) is 8.73. The van der Waals surface area contributed by atoms with Gasteiger partial charge in [-0.3, -0.25) is 9.69 Å². The number of nitrogens with zero attached hydrogens (tertiary/aromatic N) is 1. The summed E-state index contributed by atoms with van der Waals surface area (Å²) in [6.07, 6.45) is 2.88. The quantitative estimate of drug-likeness (QED) is 0.612. The number of esters is 1. The van der Waals surface area contributed by atoms with Crippen molar-refractivity contribution >= 4 is 18.0 Å². The van der Waals surface area contributed by atoms with Crippen molar-refractivity contribution in [1.82, 2.24) is 4.90 Å². The minimum absolute atomic E-state index is 0.282. The molecule has 1 amide bonds. The van der Waals surface area contributed by atoms with Crippen LogP contribution in [0.15, 0.2) is 12.2 Å². The van der Waals surface area contributed by atoms with Crippen LogP contribution >= 0.6 is 0 Å². The van der Waals surface area contributed by atoms with Gasteiger partial charge in [0.25, 0.3) is 0 Å². The van der Waals surface area contributed by atoms with Gasteiger partial charge in [0.15, 0.2) is 0 Å². The molecule has 118 valence electrons. The average molecular weight is 299 g/mol. The van der Waals surface area contributed by atoms with Crippen molar-refractivity contribution in [3.05, 3.63) is 12.2 Å². The predicted molar refractivity (Wildman–Crippen MR) is 73.7 cm³/mol. The van der Waals surface area contributed by atoms with Gasteiger partial charge in [-0.25, -0.2) is 9.59 Å². The molecule has 1 saturated carbocycles. The Morgan fingerprint density at radius 3 is 2.24 bits per heavy atom. The molecule has 0 aliphatic heterocycles. The second kappa shape index (κ2) is 6.15. The fourth-order valence-electron chi connectivity index (χ4n) is 1.80. The fraction of sp³-hybridized carbons (Fsp3) is 0.643. The van der Waals surface area contributed by atoms with Crippen molar-refractivity contribution in [2.45, 2.75) is 44.8 Å². The number of carboxylic acids is 1. The summed E-state index contributed by atoms with van der Waals surface area (Å²) in [5.74, 6) is -1.70. The second-order valence-electron chi connectivity index (χ2n) is 5.92. The first kappa shape index (κ1) is 17.0. The summed E-state index contributed by atoms with van der Waals surface area (Å²) in [6.45, 7) is 4.87. The zero-order valence-electron chi connectivity index (χ0n) is 12.7. The van der Waals surface area contributed by atoms with Crippen LogP contribution < -0.4 is 0 Å². The number of carbonyl (C=O) groups excluding carboxylic acids is 2. The summed E-state index contributed by atoms with van der Waals surface area (Å²) in [5.41, 5.74) is -1.49. The highest BCUT2D eigenvalue weighted by molar-refractivity contribution is 5.82. The van der Waals surface area contributed by atoms with Crippen molar-refractivity contribution < 1.29 is 29.0 Å². The number of amides is 1. The Labute approximate surface area is 123 Å². The Hall–Kier alpha value is -2.05. The third-order valence-corrected chi connectivity index (χ3v) is 2.96. The van der Waals surface area contributed by atoms with Gasteiger partial charge in [0.05, 0.1) is 12.6 Å². The Kier molecular flexibility index (Phi) is 4.98. The van der Waals surface area contributed by atoms with Crippen LogP contribution in [0.4, 0.5) is 4.79 Å². The molecule has 0 unspecified atom stereocenters. The third kappa shape index (κ3) is 5.09. The van der Waals surface area contributed by atoms with Gasteiger partial charge in [-0.15, -0.1) is 0 Å². The molecule has 0 spiro atoms. The molecule has 21 heavy (non-hydrogen) atoms. The molecular formula is C14H21NO6. The van der Waals surface area contributed by atoms with Gasteiger partial charge in [0.1, 0.15) is 12.1 Å². The number of hydrogen-bond acceptors (Lipinski definition) is 5. The maximum absolute atomic E-state index is 12.3. The SMILES string of the molecule is COC(=O)CN(C(=O)OC(C)(C)C)C1(C=CC(=O)O)CC1. The molecule has 0 aromatic heterocycles. The lowest BCUT2D eigenvalue weighted by atomic mass is 10.2. The van der Waals surface area contributed by atoms with Crippen LogP contribution in [0.1, 0.15) is 33.6 Å². The highest BCUT2D eigenvalue weighted by Crippen LogP contribution is 2.43. The second-order valence-corrected chi connectivity index (χ2v) is 5.92. The summed E-state index contributed by atoms with van der Waals surface area (Å²) >= 11 is 0. The zero-order valence-corrected chi connectivity index (χ0v) is 12.7. The number of hydrogen-bond donors (Lipinski definition) is 1. The van der Waals surface area contributed by atoms with E-state index in [1.54, 1.807) is 20.8 Å². The smallest absolute Gasteiger partial charge is 0.411 e. The molecule has 7 nitrogen and oxygen atoms in total. The Bertz CT molecular complexity index is 459. The van der Waals surface area contributed by atoms with Crippen LogP contribution in [0.3, 0.4) is 0 Å². The minimum Gasteiger partial charge on any atom is -0.478 e. The number of ether oxygens (including phenoxy) is 2. The van der Waals surface area contributed by atoms with Gasteiger partial charge in [-0.1, -0.05) is 6.08 Å². The zero-order chi connectivity index (χ0) is 16.3. The van der Waals surface area contributed by atoms with Crippen LogP contribution in [0.5, 0.6) is 0 Å². The molecule has 1 aliphatic rings. The van der Waals surface area contributed by atoms with Gasteiger partial charge in [0, 0.05) is 6.08 Å². The maximum Gasteiger partial charge on any atom is 0.411 e. The van der Waals surface area contributed by atoms with Gasteiger partial charge in [0.2, 0.25) is 0 Å². The Morgan fingerprint density at radius 2 is 1.86 bits per heavy atom. The van der Waals surface area contributed by atoms with Crippen molar-refractivity contribution in [3.8, 4) is 0 Å². The molecule has 0 aromatic carbocycles. The van der Waals surface area contributed by atoms with Crippen molar-refractivity contribution in [2.24, 2.45) is 0 Å². The Morgan fingerprint density at radius 1 is 1.29 bits per heavy atom. The maximum atomic E-state index is 12.3. The molecule has 1 fully saturated rings. The molecule has 0 aromatic rings. The number of carboxylic acid groups (broad SMARTS) is 1. The third-order valence-electron chi connectivity index (χ3n) is 2.96. The van der Waals surface area contributed by atoms with E-state index in [1.165, 1.54) is 18.1 Å². The van der Waals surface area contributed by atoms with Crippen molar-refractivity contribution in [2.75, 3.05) is 13.7 Å². The first-order chi connectivity index (χ1) is 9.59. The summed E-state index contributed by atoms with van der Waals surface area (Å²) < 4.78 is 9.86. The molecule has 0 radical (unpaired) electrons. The monoisotopic (exact) mass is 299 g/mol. The van der Waals surface area contributed by atoms with E-state index in [0.717, 1.165) is 6.08 Å². The number of carbonyl (C=O) groups is 3. The van der Waals surface area contributed by atoms with E-state index < -0.39 is 29.2 Å². The van der Waals surface area contributed by atoms with E-state index in [0.29, 0.717) is 12.8 Å². The standard InChI is InChI=1S/C14H21NO6/c1-13(2,3)21-12(19)15(9-11(18)20-4)14(7-8-14)6-5-10(16)17/h5-6H,7-9H2,1-4H3,(H,16,17). The van der Waals surface area contributed by atoms with Crippen LogP contribution in [-0.4, -0.2) is 52.8 Å². The normalized spacial score (nSPS) is 16.4. The molecule has 0 heterocycles. The number of aliphatic carboxylic acids is 1. The fourth-order valence-corrected chi connectivity index (χ4v) is 1.80. The molecule has 7 heteroatoms. The van der Waals surface area contributed by atoms with Gasteiger partial charge in [-0.2, -0.15) is 0 Å². The van der Waals surface area contributed by atoms with Crippen molar-refractivity contribution in [1.29, 1.82) is 0 Å². The molecular weight excluding hydrogens is 278 g/mol.